The fraction of sp³-hybridized carbons (Fsp3) is 0.0556. The van der Waals surface area contributed by atoms with Crippen LogP contribution in [0.15, 0.2) is 53.2 Å². The first-order chi connectivity index (χ1) is 12.3. The van der Waals surface area contributed by atoms with Gasteiger partial charge in [-0.15, -0.1) is 15.3 Å². The Morgan fingerprint density at radius 1 is 1.08 bits per heavy atom. The fourth-order valence-corrected chi connectivity index (χ4v) is 3.56. The zero-order chi connectivity index (χ0) is 16.8. The van der Waals surface area contributed by atoms with Crippen LogP contribution in [0.25, 0.3) is 27.9 Å². The molecule has 5 rings (SSSR count). The lowest BCUT2D eigenvalue weighted by Gasteiger charge is -2.06. The van der Waals surface area contributed by atoms with Crippen molar-refractivity contribution < 1.29 is 0 Å². The molecule has 0 saturated heterocycles. The van der Waals surface area contributed by atoms with Crippen LogP contribution in [0.1, 0.15) is 5.69 Å². The zero-order valence-electron chi connectivity index (χ0n) is 13.4. The van der Waals surface area contributed by atoms with Crippen LogP contribution in [0.2, 0.25) is 0 Å². The topological polar surface area (TPSA) is 70.9 Å². The Kier molecular flexibility index (Phi) is 3.07. The fourth-order valence-electron chi connectivity index (χ4n) is 2.93. The largest absolute Gasteiger partial charge is 0.359 e. The van der Waals surface area contributed by atoms with Crippen LogP contribution in [0, 0.1) is 6.92 Å². The lowest BCUT2D eigenvalue weighted by Crippen LogP contribution is -2.00. The molecule has 4 heterocycles. The van der Waals surface area contributed by atoms with Gasteiger partial charge in [-0.25, -0.2) is 0 Å². The quantitative estimate of drug-likeness (QED) is 0.508. The third-order valence-corrected chi connectivity index (χ3v) is 4.75. The van der Waals surface area contributed by atoms with Crippen molar-refractivity contribution in [2.75, 3.05) is 5.32 Å². The smallest absolute Gasteiger partial charge is 0.186 e. The minimum atomic E-state index is 0.725. The summed E-state index contributed by atoms with van der Waals surface area (Å²) in [5, 5.41) is 21.7. The monoisotopic (exact) mass is 346 g/mol. The van der Waals surface area contributed by atoms with Crippen molar-refractivity contribution >= 4 is 39.4 Å². The number of aromatic nitrogens is 5. The Bertz CT molecular complexity index is 1190. The highest BCUT2D eigenvalue weighted by molar-refractivity contribution is 7.08. The second-order valence-electron chi connectivity index (χ2n) is 5.90. The molecule has 4 aromatic heterocycles. The van der Waals surface area contributed by atoms with E-state index in [0.717, 1.165) is 39.8 Å². The SMILES string of the molecule is Cc1cc2cc(Nc3ccc4nnc(-c5ccsc5)n4n3)ccc2[nH]1. The van der Waals surface area contributed by atoms with Crippen molar-refractivity contribution in [2.24, 2.45) is 0 Å². The standard InChI is InChI=1S/C18H14N6S/c1-11-8-13-9-14(2-3-15(13)19-11)20-16-4-5-17-21-22-18(24(17)23-16)12-6-7-25-10-12/h2-10,19H,1H3,(H,20,23). The molecule has 5 aromatic rings. The number of rotatable bonds is 3. The van der Waals surface area contributed by atoms with Crippen LogP contribution >= 0.6 is 11.3 Å². The number of hydrogen-bond acceptors (Lipinski definition) is 5. The highest BCUT2D eigenvalue weighted by Gasteiger charge is 2.10. The number of nitrogens with one attached hydrogen (secondary N) is 2. The first-order valence-electron chi connectivity index (χ1n) is 7.88. The van der Waals surface area contributed by atoms with Gasteiger partial charge in [-0.05, 0) is 54.8 Å². The predicted octanol–water partition coefficient (Wildman–Crippen LogP) is 4.39. The molecule has 0 radical (unpaired) electrons. The molecule has 122 valence electrons. The Hall–Kier alpha value is -3.19. The van der Waals surface area contributed by atoms with E-state index in [2.05, 4.69) is 50.7 Å². The number of aryl methyl sites for hydroxylation is 1. The predicted molar refractivity (Wildman–Crippen MR) is 100 cm³/mol. The molecule has 0 amide bonds. The van der Waals surface area contributed by atoms with Gasteiger partial charge in [0.05, 0.1) is 0 Å². The van der Waals surface area contributed by atoms with E-state index in [0.29, 0.717) is 0 Å². The normalized spacial score (nSPS) is 11.4. The summed E-state index contributed by atoms with van der Waals surface area (Å²) in [5.74, 6) is 1.49. The van der Waals surface area contributed by atoms with E-state index < -0.39 is 0 Å². The van der Waals surface area contributed by atoms with E-state index in [9.17, 15) is 0 Å². The van der Waals surface area contributed by atoms with Gasteiger partial charge in [-0.2, -0.15) is 15.9 Å². The molecule has 0 fully saturated rings. The third kappa shape index (κ3) is 2.45. The Labute approximate surface area is 147 Å². The molecule has 2 N–H and O–H groups in total. The summed E-state index contributed by atoms with van der Waals surface area (Å²) in [4.78, 5) is 3.33. The number of H-pyrrole nitrogens is 1. The van der Waals surface area contributed by atoms with Crippen molar-refractivity contribution in [3.63, 3.8) is 0 Å². The first-order valence-corrected chi connectivity index (χ1v) is 8.82. The van der Waals surface area contributed by atoms with Crippen molar-refractivity contribution in [1.82, 2.24) is 24.8 Å². The van der Waals surface area contributed by atoms with Crippen LogP contribution < -0.4 is 5.32 Å². The molecule has 0 aliphatic heterocycles. The molecular formula is C18H14N6S. The molecule has 0 spiro atoms. The second-order valence-corrected chi connectivity index (χ2v) is 6.68. The number of thiophene rings is 1. The van der Waals surface area contributed by atoms with Crippen LogP contribution in [-0.4, -0.2) is 24.8 Å². The van der Waals surface area contributed by atoms with Gasteiger partial charge in [-0.1, -0.05) is 0 Å². The first kappa shape index (κ1) is 14.2. The maximum absolute atomic E-state index is 4.65. The second kappa shape index (κ2) is 5.42. The molecule has 0 aliphatic carbocycles. The lowest BCUT2D eigenvalue weighted by atomic mass is 10.2. The summed E-state index contributed by atoms with van der Waals surface area (Å²) in [6.45, 7) is 2.06. The summed E-state index contributed by atoms with van der Waals surface area (Å²) in [7, 11) is 0. The molecule has 6 nitrogen and oxygen atoms in total. The maximum atomic E-state index is 4.65. The average Bonchev–Trinajstić information content (AvgIpc) is 3.32. The number of anilines is 2. The molecule has 0 atom stereocenters. The van der Waals surface area contributed by atoms with E-state index in [1.54, 1.807) is 15.9 Å². The van der Waals surface area contributed by atoms with Crippen LogP contribution in [-0.2, 0) is 0 Å². The van der Waals surface area contributed by atoms with Crippen molar-refractivity contribution in [3.8, 4) is 11.4 Å². The van der Waals surface area contributed by atoms with E-state index in [1.165, 1.54) is 5.39 Å². The van der Waals surface area contributed by atoms with E-state index >= 15 is 0 Å². The van der Waals surface area contributed by atoms with Gasteiger partial charge in [0.25, 0.3) is 0 Å². The number of benzene rings is 1. The average molecular weight is 346 g/mol. The molecule has 7 heteroatoms. The van der Waals surface area contributed by atoms with Gasteiger partial charge in [0.15, 0.2) is 17.3 Å². The van der Waals surface area contributed by atoms with E-state index in [4.69, 9.17) is 0 Å². The lowest BCUT2D eigenvalue weighted by molar-refractivity contribution is 0.942. The van der Waals surface area contributed by atoms with E-state index in [-0.39, 0.29) is 0 Å². The van der Waals surface area contributed by atoms with Gasteiger partial charge < -0.3 is 10.3 Å². The summed E-state index contributed by atoms with van der Waals surface area (Å²) in [6.07, 6.45) is 0. The summed E-state index contributed by atoms with van der Waals surface area (Å²) in [6, 6.07) is 14.2. The molecular weight excluding hydrogens is 332 g/mol. The van der Waals surface area contributed by atoms with Crippen molar-refractivity contribution in [3.05, 3.63) is 58.9 Å². The van der Waals surface area contributed by atoms with E-state index in [1.807, 2.05) is 35.0 Å². The van der Waals surface area contributed by atoms with Gasteiger partial charge in [0, 0.05) is 33.2 Å². The van der Waals surface area contributed by atoms with Crippen LogP contribution in [0.3, 0.4) is 0 Å². The Balaban J connectivity index is 1.54. The van der Waals surface area contributed by atoms with Crippen LogP contribution in [0.5, 0.6) is 0 Å². The molecule has 1 aromatic carbocycles. The third-order valence-electron chi connectivity index (χ3n) is 4.07. The summed E-state index contributed by atoms with van der Waals surface area (Å²) in [5.41, 5.74) is 5.01. The highest BCUT2D eigenvalue weighted by atomic mass is 32.1. The van der Waals surface area contributed by atoms with Gasteiger partial charge in [0.1, 0.15) is 0 Å². The van der Waals surface area contributed by atoms with Gasteiger partial charge >= 0.3 is 0 Å². The minimum Gasteiger partial charge on any atom is -0.359 e. The number of nitrogens with zero attached hydrogens (tertiary/aromatic N) is 4. The molecule has 0 saturated carbocycles. The Morgan fingerprint density at radius 2 is 2.04 bits per heavy atom. The zero-order valence-corrected chi connectivity index (χ0v) is 14.2. The number of aromatic amines is 1. The molecule has 25 heavy (non-hydrogen) atoms. The maximum Gasteiger partial charge on any atom is 0.186 e. The van der Waals surface area contributed by atoms with Gasteiger partial charge in [0.2, 0.25) is 0 Å². The van der Waals surface area contributed by atoms with Gasteiger partial charge in [-0.3, -0.25) is 0 Å². The molecule has 0 aliphatic rings. The summed E-state index contributed by atoms with van der Waals surface area (Å²) < 4.78 is 1.77. The minimum absolute atomic E-state index is 0.725. The van der Waals surface area contributed by atoms with Crippen LogP contribution in [0.4, 0.5) is 11.5 Å². The summed E-state index contributed by atoms with van der Waals surface area (Å²) >= 11 is 1.63. The molecule has 0 bridgehead atoms. The Morgan fingerprint density at radius 3 is 2.92 bits per heavy atom. The highest BCUT2D eigenvalue weighted by Crippen LogP contribution is 2.24. The number of fused-ring (bicyclic) bond motifs is 2. The molecule has 0 unspecified atom stereocenters. The van der Waals surface area contributed by atoms with Crippen molar-refractivity contribution in [1.29, 1.82) is 0 Å². The number of hydrogen-bond donors (Lipinski definition) is 2. The van der Waals surface area contributed by atoms with Crippen molar-refractivity contribution in [2.45, 2.75) is 6.92 Å².